The fourth-order valence-electron chi connectivity index (χ4n) is 2.11. The fourth-order valence-corrected chi connectivity index (χ4v) is 2.11. The third kappa shape index (κ3) is 4.05. The van der Waals surface area contributed by atoms with Crippen molar-refractivity contribution in [2.45, 2.75) is 13.1 Å². The van der Waals surface area contributed by atoms with E-state index < -0.39 is 0 Å². The Labute approximate surface area is 124 Å². The highest BCUT2D eigenvalue weighted by atomic mass is 19.1. The van der Waals surface area contributed by atoms with E-state index in [0.717, 1.165) is 17.2 Å². The van der Waals surface area contributed by atoms with E-state index in [-0.39, 0.29) is 5.82 Å². The minimum atomic E-state index is -0.223. The lowest BCUT2D eigenvalue weighted by atomic mass is 10.2. The van der Waals surface area contributed by atoms with Gasteiger partial charge in [0.2, 0.25) is 0 Å². The van der Waals surface area contributed by atoms with Gasteiger partial charge in [0, 0.05) is 33.9 Å². The molecule has 0 aliphatic rings. The van der Waals surface area contributed by atoms with Crippen molar-refractivity contribution in [2.24, 2.45) is 12.0 Å². The molecule has 0 amide bonds. The normalized spacial score (nSPS) is 11.5. The van der Waals surface area contributed by atoms with Crippen molar-refractivity contribution < 1.29 is 4.39 Å². The van der Waals surface area contributed by atoms with Gasteiger partial charge in [-0.2, -0.15) is 5.10 Å². The molecular formula is C15H20FN5. The van der Waals surface area contributed by atoms with Crippen LogP contribution in [0.5, 0.6) is 0 Å². The van der Waals surface area contributed by atoms with Crippen molar-refractivity contribution in [2.75, 3.05) is 14.1 Å². The van der Waals surface area contributed by atoms with E-state index >= 15 is 0 Å². The number of guanidine groups is 1. The second-order valence-electron chi connectivity index (χ2n) is 4.83. The molecule has 1 heterocycles. The summed E-state index contributed by atoms with van der Waals surface area (Å²) in [6.45, 7) is 1.22. The molecule has 1 aromatic heterocycles. The molecule has 0 aliphatic heterocycles. The minimum Gasteiger partial charge on any atom is -0.351 e. The number of hydrogen-bond acceptors (Lipinski definition) is 2. The summed E-state index contributed by atoms with van der Waals surface area (Å²) in [6.07, 6.45) is 1.76. The summed E-state index contributed by atoms with van der Waals surface area (Å²) in [7, 11) is 5.55. The Morgan fingerprint density at radius 3 is 2.86 bits per heavy atom. The Hall–Kier alpha value is -2.37. The third-order valence-electron chi connectivity index (χ3n) is 3.23. The van der Waals surface area contributed by atoms with Crippen LogP contribution in [0, 0.1) is 5.82 Å². The zero-order chi connectivity index (χ0) is 15.2. The number of hydrogen-bond donors (Lipinski definition) is 1. The molecule has 1 aromatic carbocycles. The molecule has 0 saturated heterocycles. The molecule has 5 nitrogen and oxygen atoms in total. The maximum atomic E-state index is 13.2. The number of nitrogens with zero attached hydrogens (tertiary/aromatic N) is 4. The van der Waals surface area contributed by atoms with E-state index in [1.807, 2.05) is 35.8 Å². The Morgan fingerprint density at radius 2 is 2.24 bits per heavy atom. The average Bonchev–Trinajstić information content (AvgIpc) is 2.85. The SMILES string of the molecule is CN=C(NCc1ccnn1C)N(C)Cc1cccc(F)c1. The highest BCUT2D eigenvalue weighted by Crippen LogP contribution is 2.06. The van der Waals surface area contributed by atoms with Gasteiger partial charge in [-0.15, -0.1) is 0 Å². The van der Waals surface area contributed by atoms with Gasteiger partial charge in [-0.05, 0) is 23.8 Å². The number of nitrogens with one attached hydrogen (secondary N) is 1. The number of aryl methyl sites for hydroxylation is 1. The molecule has 0 bridgehead atoms. The number of halogens is 1. The van der Waals surface area contributed by atoms with Gasteiger partial charge in [-0.1, -0.05) is 12.1 Å². The Kier molecular flexibility index (Phi) is 4.92. The first-order valence-electron chi connectivity index (χ1n) is 6.73. The van der Waals surface area contributed by atoms with Gasteiger partial charge in [0.1, 0.15) is 5.82 Å². The lowest BCUT2D eigenvalue weighted by molar-refractivity contribution is 0.472. The third-order valence-corrected chi connectivity index (χ3v) is 3.23. The van der Waals surface area contributed by atoms with E-state index in [2.05, 4.69) is 15.4 Å². The first kappa shape index (κ1) is 15.0. The second-order valence-corrected chi connectivity index (χ2v) is 4.83. The minimum absolute atomic E-state index is 0.223. The van der Waals surface area contributed by atoms with E-state index in [1.54, 1.807) is 19.3 Å². The predicted octanol–water partition coefficient (Wildman–Crippen LogP) is 1.77. The van der Waals surface area contributed by atoms with Crippen molar-refractivity contribution in [1.82, 2.24) is 20.0 Å². The molecule has 6 heteroatoms. The highest BCUT2D eigenvalue weighted by molar-refractivity contribution is 5.79. The topological polar surface area (TPSA) is 45.5 Å². The van der Waals surface area contributed by atoms with Crippen molar-refractivity contribution in [3.05, 3.63) is 53.6 Å². The Bertz CT molecular complexity index is 620. The molecule has 1 N–H and O–H groups in total. The highest BCUT2D eigenvalue weighted by Gasteiger charge is 2.08. The predicted molar refractivity (Wildman–Crippen MR) is 81.3 cm³/mol. The second kappa shape index (κ2) is 6.88. The first-order chi connectivity index (χ1) is 10.1. The van der Waals surface area contributed by atoms with Gasteiger partial charge in [0.15, 0.2) is 5.96 Å². The largest absolute Gasteiger partial charge is 0.351 e. The number of benzene rings is 1. The molecule has 0 aliphatic carbocycles. The summed E-state index contributed by atoms with van der Waals surface area (Å²) in [6, 6.07) is 8.54. The maximum Gasteiger partial charge on any atom is 0.194 e. The summed E-state index contributed by atoms with van der Waals surface area (Å²) >= 11 is 0. The summed E-state index contributed by atoms with van der Waals surface area (Å²) in [5, 5.41) is 7.39. The van der Waals surface area contributed by atoms with E-state index in [1.165, 1.54) is 12.1 Å². The van der Waals surface area contributed by atoms with Gasteiger partial charge < -0.3 is 10.2 Å². The smallest absolute Gasteiger partial charge is 0.194 e. The van der Waals surface area contributed by atoms with Crippen LogP contribution in [0.3, 0.4) is 0 Å². The summed E-state index contributed by atoms with van der Waals surface area (Å²) < 4.78 is 15.0. The van der Waals surface area contributed by atoms with Gasteiger partial charge in [-0.3, -0.25) is 9.67 Å². The van der Waals surface area contributed by atoms with Crippen LogP contribution in [0.25, 0.3) is 0 Å². The van der Waals surface area contributed by atoms with Crippen molar-refractivity contribution in [3.63, 3.8) is 0 Å². The summed E-state index contributed by atoms with van der Waals surface area (Å²) in [4.78, 5) is 6.19. The van der Waals surface area contributed by atoms with E-state index in [4.69, 9.17) is 0 Å². The molecule has 21 heavy (non-hydrogen) atoms. The standard InChI is InChI=1S/C15H20FN5/c1-17-15(18-10-14-7-8-19-21(14)3)20(2)11-12-5-4-6-13(16)9-12/h4-9H,10-11H2,1-3H3,(H,17,18). The zero-order valence-electron chi connectivity index (χ0n) is 12.5. The van der Waals surface area contributed by atoms with Crippen LogP contribution in [-0.4, -0.2) is 34.7 Å². The van der Waals surface area contributed by atoms with Gasteiger partial charge in [0.05, 0.1) is 12.2 Å². The molecule has 0 saturated carbocycles. The van der Waals surface area contributed by atoms with E-state index in [0.29, 0.717) is 13.1 Å². The monoisotopic (exact) mass is 289 g/mol. The summed E-state index contributed by atoms with van der Waals surface area (Å²) in [5.74, 6) is 0.527. The van der Waals surface area contributed by atoms with Crippen LogP contribution in [0.2, 0.25) is 0 Å². The van der Waals surface area contributed by atoms with Crippen LogP contribution in [0.1, 0.15) is 11.3 Å². The van der Waals surface area contributed by atoms with Gasteiger partial charge >= 0.3 is 0 Å². The molecule has 0 spiro atoms. The number of aliphatic imine (C=N–C) groups is 1. The summed E-state index contributed by atoms with van der Waals surface area (Å²) in [5.41, 5.74) is 1.97. The van der Waals surface area contributed by atoms with E-state index in [9.17, 15) is 4.39 Å². The van der Waals surface area contributed by atoms with Gasteiger partial charge in [-0.25, -0.2) is 4.39 Å². The molecule has 0 atom stereocenters. The van der Waals surface area contributed by atoms with Crippen LogP contribution in [0.15, 0.2) is 41.5 Å². The van der Waals surface area contributed by atoms with Crippen LogP contribution < -0.4 is 5.32 Å². The lowest BCUT2D eigenvalue weighted by Gasteiger charge is -2.22. The molecular weight excluding hydrogens is 269 g/mol. The molecule has 0 fully saturated rings. The molecule has 112 valence electrons. The zero-order valence-corrected chi connectivity index (χ0v) is 12.5. The van der Waals surface area contributed by atoms with Crippen LogP contribution in [-0.2, 0) is 20.1 Å². The number of aromatic nitrogens is 2. The Morgan fingerprint density at radius 1 is 1.43 bits per heavy atom. The van der Waals surface area contributed by atoms with Crippen LogP contribution >= 0.6 is 0 Å². The molecule has 0 unspecified atom stereocenters. The average molecular weight is 289 g/mol. The van der Waals surface area contributed by atoms with Crippen molar-refractivity contribution in [1.29, 1.82) is 0 Å². The van der Waals surface area contributed by atoms with Crippen molar-refractivity contribution in [3.8, 4) is 0 Å². The quantitative estimate of drug-likeness (QED) is 0.689. The van der Waals surface area contributed by atoms with Crippen LogP contribution in [0.4, 0.5) is 4.39 Å². The lowest BCUT2D eigenvalue weighted by Crippen LogP contribution is -2.38. The fraction of sp³-hybridized carbons (Fsp3) is 0.333. The molecule has 2 aromatic rings. The Balaban J connectivity index is 1.96. The first-order valence-corrected chi connectivity index (χ1v) is 6.73. The maximum absolute atomic E-state index is 13.2. The van der Waals surface area contributed by atoms with Gasteiger partial charge in [0.25, 0.3) is 0 Å². The molecule has 0 radical (unpaired) electrons. The number of rotatable bonds is 4. The van der Waals surface area contributed by atoms with Crippen molar-refractivity contribution >= 4 is 5.96 Å². The molecule has 2 rings (SSSR count).